The minimum atomic E-state index is -0.229. The first kappa shape index (κ1) is 19.5. The molecule has 0 spiro atoms. The number of halogens is 1. The summed E-state index contributed by atoms with van der Waals surface area (Å²) < 4.78 is 25.1. The third-order valence-electron chi connectivity index (χ3n) is 5.64. The van der Waals surface area contributed by atoms with Gasteiger partial charge >= 0.3 is 0 Å². The predicted molar refractivity (Wildman–Crippen MR) is 114 cm³/mol. The lowest BCUT2D eigenvalue weighted by molar-refractivity contribution is 0.0954. The molecule has 5 nitrogen and oxygen atoms in total. The molecule has 0 saturated heterocycles. The van der Waals surface area contributed by atoms with Crippen LogP contribution < -0.4 is 9.47 Å². The van der Waals surface area contributed by atoms with Crippen molar-refractivity contribution in [2.75, 3.05) is 13.3 Å². The Labute approximate surface area is 179 Å². The van der Waals surface area contributed by atoms with Gasteiger partial charge in [0.15, 0.2) is 5.76 Å². The van der Waals surface area contributed by atoms with Crippen LogP contribution in [-0.2, 0) is 13.0 Å². The lowest BCUT2D eigenvalue weighted by Crippen LogP contribution is -2.34. The Bertz CT molecular complexity index is 1170. The summed E-state index contributed by atoms with van der Waals surface area (Å²) in [6.07, 6.45) is 5.89. The van der Waals surface area contributed by atoms with Crippen molar-refractivity contribution < 1.29 is 18.7 Å². The highest BCUT2D eigenvalue weighted by atomic mass is 19.1. The van der Waals surface area contributed by atoms with Crippen molar-refractivity contribution in [3.8, 4) is 11.5 Å². The molecule has 0 fully saturated rings. The van der Waals surface area contributed by atoms with Gasteiger partial charge in [-0.1, -0.05) is 12.1 Å². The number of carbonyl (C=O) groups excluding carboxylic acids is 1. The van der Waals surface area contributed by atoms with Gasteiger partial charge in [-0.3, -0.25) is 14.7 Å². The van der Waals surface area contributed by atoms with Crippen LogP contribution in [0, 0.1) is 12.7 Å². The first-order valence-corrected chi connectivity index (χ1v) is 10.2. The second kappa shape index (κ2) is 7.96. The van der Waals surface area contributed by atoms with Gasteiger partial charge in [-0.2, -0.15) is 0 Å². The second-order valence-corrected chi connectivity index (χ2v) is 7.79. The number of pyridine rings is 1. The molecule has 1 aromatic heterocycles. The molecular weight excluding hydrogens is 395 g/mol. The molecule has 0 saturated carbocycles. The number of ketones is 1. The topological polar surface area (TPSA) is 51.7 Å². The van der Waals surface area contributed by atoms with E-state index in [2.05, 4.69) is 9.88 Å². The van der Waals surface area contributed by atoms with Crippen LogP contribution in [0.5, 0.6) is 11.5 Å². The zero-order valence-electron chi connectivity index (χ0n) is 17.1. The van der Waals surface area contributed by atoms with E-state index in [0.29, 0.717) is 30.3 Å². The van der Waals surface area contributed by atoms with Gasteiger partial charge in [-0.15, -0.1) is 0 Å². The van der Waals surface area contributed by atoms with Gasteiger partial charge in [0.25, 0.3) is 0 Å². The Morgan fingerprint density at radius 2 is 1.90 bits per heavy atom. The minimum Gasteiger partial charge on any atom is -0.477 e. The molecule has 0 aliphatic carbocycles. The Hall–Kier alpha value is -3.51. The van der Waals surface area contributed by atoms with Crippen LogP contribution in [0.4, 0.5) is 4.39 Å². The monoisotopic (exact) mass is 416 g/mol. The van der Waals surface area contributed by atoms with E-state index in [1.165, 1.54) is 12.1 Å². The van der Waals surface area contributed by atoms with Crippen LogP contribution in [-0.4, -0.2) is 28.9 Å². The Morgan fingerprint density at radius 1 is 1.13 bits per heavy atom. The van der Waals surface area contributed by atoms with Crippen LogP contribution >= 0.6 is 0 Å². The van der Waals surface area contributed by atoms with E-state index >= 15 is 0 Å². The zero-order chi connectivity index (χ0) is 21.4. The summed E-state index contributed by atoms with van der Waals surface area (Å²) in [4.78, 5) is 19.1. The van der Waals surface area contributed by atoms with Gasteiger partial charge in [0, 0.05) is 36.6 Å². The fourth-order valence-corrected chi connectivity index (χ4v) is 3.99. The molecular formula is C25H21FN2O3. The third kappa shape index (κ3) is 3.82. The molecule has 2 aliphatic rings. The average Bonchev–Trinajstić information content (AvgIpc) is 3.10. The summed E-state index contributed by atoms with van der Waals surface area (Å²) in [6, 6.07) is 12.1. The summed E-state index contributed by atoms with van der Waals surface area (Å²) >= 11 is 0. The second-order valence-electron chi connectivity index (χ2n) is 7.79. The van der Waals surface area contributed by atoms with E-state index in [1.807, 2.05) is 25.1 Å². The molecule has 0 bridgehead atoms. The van der Waals surface area contributed by atoms with E-state index in [1.54, 1.807) is 30.6 Å². The number of nitrogens with zero attached hydrogens (tertiary/aromatic N) is 2. The lowest BCUT2D eigenvalue weighted by atomic mass is 10.00. The summed E-state index contributed by atoms with van der Waals surface area (Å²) in [5, 5.41) is 0. The van der Waals surface area contributed by atoms with Crippen molar-refractivity contribution in [1.29, 1.82) is 0 Å². The van der Waals surface area contributed by atoms with Crippen molar-refractivity contribution in [2.24, 2.45) is 0 Å². The number of benzene rings is 2. The Kier molecular flexibility index (Phi) is 5.00. The van der Waals surface area contributed by atoms with Crippen molar-refractivity contribution in [3.05, 3.63) is 94.3 Å². The Morgan fingerprint density at radius 3 is 2.68 bits per heavy atom. The molecule has 2 aliphatic heterocycles. The predicted octanol–water partition coefficient (Wildman–Crippen LogP) is 4.54. The van der Waals surface area contributed by atoms with Gasteiger partial charge in [-0.25, -0.2) is 4.39 Å². The fraction of sp³-hybridized carbons (Fsp3) is 0.200. The average molecular weight is 416 g/mol. The van der Waals surface area contributed by atoms with Crippen molar-refractivity contribution in [3.63, 3.8) is 0 Å². The van der Waals surface area contributed by atoms with Gasteiger partial charge in [0.05, 0.1) is 5.56 Å². The number of ether oxygens (including phenoxy) is 2. The minimum absolute atomic E-state index is 0.124. The molecule has 0 radical (unpaired) electrons. The van der Waals surface area contributed by atoms with Crippen LogP contribution in [0.2, 0.25) is 0 Å². The van der Waals surface area contributed by atoms with Gasteiger partial charge in [0.2, 0.25) is 5.78 Å². The number of Topliss-reactive ketones (excluding diaryl/α,β-unsaturated/α-hetero) is 1. The maximum absolute atomic E-state index is 13.1. The summed E-state index contributed by atoms with van der Waals surface area (Å²) in [5.41, 5.74) is 4.32. The lowest BCUT2D eigenvalue weighted by Gasteiger charge is -2.30. The molecule has 31 heavy (non-hydrogen) atoms. The van der Waals surface area contributed by atoms with Gasteiger partial charge in [-0.05, 0) is 60.9 Å². The molecule has 6 heteroatoms. The van der Waals surface area contributed by atoms with Crippen molar-refractivity contribution >= 4 is 11.9 Å². The van der Waals surface area contributed by atoms with E-state index in [9.17, 15) is 9.18 Å². The fourth-order valence-electron chi connectivity index (χ4n) is 3.99. The summed E-state index contributed by atoms with van der Waals surface area (Å²) in [7, 11) is 0. The first-order chi connectivity index (χ1) is 15.1. The number of hydrogen-bond acceptors (Lipinski definition) is 5. The molecule has 0 amide bonds. The number of aromatic nitrogens is 1. The number of hydrogen-bond donors (Lipinski definition) is 0. The van der Waals surface area contributed by atoms with Crippen LogP contribution in [0.3, 0.4) is 0 Å². The standard InChI is InChI=1S/C25H21FN2O3/c1-16-24-19(14-28(15-30-24)11-8-17-2-4-20(26)5-3-17)13-21-23(29)22(31-25(16)21)12-18-6-9-27-10-7-18/h2-7,9-10,12-13H,8,11,14-15H2,1H3/b22-12-. The van der Waals surface area contributed by atoms with E-state index in [0.717, 1.165) is 41.0 Å². The molecule has 2 aromatic carbocycles. The smallest absolute Gasteiger partial charge is 0.231 e. The SMILES string of the molecule is Cc1c2c(cc3c1O/C(=C\c1ccncc1)C3=O)CN(CCc1ccc(F)cc1)CO2. The number of fused-ring (bicyclic) bond motifs is 2. The maximum Gasteiger partial charge on any atom is 0.231 e. The molecule has 3 aromatic rings. The first-order valence-electron chi connectivity index (χ1n) is 10.2. The largest absolute Gasteiger partial charge is 0.477 e. The highest BCUT2D eigenvalue weighted by Crippen LogP contribution is 2.43. The molecule has 3 heterocycles. The number of rotatable bonds is 4. The molecule has 0 atom stereocenters. The van der Waals surface area contributed by atoms with Crippen LogP contribution in [0.1, 0.15) is 32.6 Å². The van der Waals surface area contributed by atoms with Crippen LogP contribution in [0.25, 0.3) is 6.08 Å². The molecule has 0 unspecified atom stereocenters. The van der Waals surface area contributed by atoms with Gasteiger partial charge < -0.3 is 9.47 Å². The Balaban J connectivity index is 1.35. The van der Waals surface area contributed by atoms with Crippen LogP contribution in [0.15, 0.2) is 60.6 Å². The molecule has 0 N–H and O–H groups in total. The highest BCUT2D eigenvalue weighted by Gasteiger charge is 2.33. The van der Waals surface area contributed by atoms with Gasteiger partial charge in [0.1, 0.15) is 24.0 Å². The third-order valence-corrected chi connectivity index (χ3v) is 5.64. The summed E-state index contributed by atoms with van der Waals surface area (Å²) in [5.74, 6) is 1.31. The van der Waals surface area contributed by atoms with E-state index < -0.39 is 0 Å². The normalized spacial score (nSPS) is 16.6. The molecule has 5 rings (SSSR count). The summed E-state index contributed by atoms with van der Waals surface area (Å²) in [6.45, 7) is 3.84. The number of carbonyl (C=O) groups is 1. The zero-order valence-corrected chi connectivity index (χ0v) is 17.1. The van der Waals surface area contributed by atoms with Crippen molar-refractivity contribution in [1.82, 2.24) is 9.88 Å². The quantitative estimate of drug-likeness (QED) is 0.585. The number of allylic oxidation sites excluding steroid dienone is 1. The van der Waals surface area contributed by atoms with E-state index in [-0.39, 0.29) is 11.6 Å². The highest BCUT2D eigenvalue weighted by molar-refractivity contribution is 6.15. The molecule has 156 valence electrons. The van der Waals surface area contributed by atoms with E-state index in [4.69, 9.17) is 9.47 Å². The van der Waals surface area contributed by atoms with Crippen molar-refractivity contribution in [2.45, 2.75) is 19.9 Å². The maximum atomic E-state index is 13.1.